The predicted molar refractivity (Wildman–Crippen MR) is 187 cm³/mol. The first-order valence-electron chi connectivity index (χ1n) is 15.0. The Labute approximate surface area is 261 Å². The highest BCUT2D eigenvalue weighted by atomic mass is 32.1. The third-order valence-corrected chi connectivity index (χ3v) is 10.1. The molecule has 6 heteroatoms. The molecule has 0 aliphatic heterocycles. The van der Waals surface area contributed by atoms with Gasteiger partial charge in [-0.05, 0) is 66.7 Å². The Morgan fingerprint density at radius 3 is 2.00 bits per heavy atom. The molecule has 10 rings (SSSR count). The first-order valence-corrected chi connectivity index (χ1v) is 15.8. The number of nitrogens with zero attached hydrogens (tertiary/aromatic N) is 5. The van der Waals surface area contributed by atoms with E-state index in [1.54, 1.807) is 0 Å². The van der Waals surface area contributed by atoms with Crippen molar-refractivity contribution >= 4 is 75.3 Å². The Morgan fingerprint density at radius 1 is 0.444 bits per heavy atom. The lowest BCUT2D eigenvalue weighted by molar-refractivity contribution is 1.08. The zero-order valence-corrected chi connectivity index (χ0v) is 24.7. The molecule has 0 fully saturated rings. The van der Waals surface area contributed by atoms with E-state index in [0.717, 1.165) is 45.0 Å². The van der Waals surface area contributed by atoms with Crippen LogP contribution in [0.15, 0.2) is 140 Å². The maximum absolute atomic E-state index is 5.11. The summed E-state index contributed by atoms with van der Waals surface area (Å²) in [6.45, 7) is 0. The molecule has 0 radical (unpaired) electrons. The zero-order valence-electron chi connectivity index (χ0n) is 23.9. The summed E-state index contributed by atoms with van der Waals surface area (Å²) in [5.41, 5.74) is 8.44. The summed E-state index contributed by atoms with van der Waals surface area (Å²) < 4.78 is 7.17. The average molecular weight is 594 g/mol. The molecule has 0 spiro atoms. The smallest absolute Gasteiger partial charge is 0.138 e. The molecule has 45 heavy (non-hydrogen) atoms. The Bertz CT molecular complexity index is 2760. The van der Waals surface area contributed by atoms with Crippen LogP contribution in [0, 0.1) is 0 Å². The van der Waals surface area contributed by atoms with E-state index in [1.165, 1.54) is 41.8 Å². The molecule has 6 aromatic heterocycles. The second kappa shape index (κ2) is 9.32. The summed E-state index contributed by atoms with van der Waals surface area (Å²) in [5, 5.41) is 6.20. The third kappa shape index (κ3) is 3.45. The number of rotatable bonds is 3. The molecular formula is C39H23N5S. The van der Waals surface area contributed by atoms with Gasteiger partial charge in [0.25, 0.3) is 0 Å². The number of thiophene rings is 1. The van der Waals surface area contributed by atoms with E-state index in [2.05, 4.69) is 111 Å². The molecule has 10 aromatic rings. The van der Waals surface area contributed by atoms with Crippen LogP contribution in [0.5, 0.6) is 0 Å². The van der Waals surface area contributed by atoms with E-state index >= 15 is 0 Å². The summed E-state index contributed by atoms with van der Waals surface area (Å²) in [7, 11) is 0. The van der Waals surface area contributed by atoms with Crippen LogP contribution in [0.2, 0.25) is 0 Å². The lowest BCUT2D eigenvalue weighted by Gasteiger charge is -2.09. The number of pyridine rings is 3. The molecule has 5 nitrogen and oxygen atoms in total. The minimum atomic E-state index is 0.853. The minimum absolute atomic E-state index is 0.853. The van der Waals surface area contributed by atoms with Crippen LogP contribution in [-0.4, -0.2) is 24.1 Å². The van der Waals surface area contributed by atoms with Crippen LogP contribution in [0.1, 0.15) is 0 Å². The number of hydrogen-bond acceptors (Lipinski definition) is 4. The summed E-state index contributed by atoms with van der Waals surface area (Å²) in [5.74, 6) is 0.877. The van der Waals surface area contributed by atoms with Crippen molar-refractivity contribution in [2.75, 3.05) is 0 Å². The maximum Gasteiger partial charge on any atom is 0.138 e. The minimum Gasteiger partial charge on any atom is -0.308 e. The summed E-state index contributed by atoms with van der Waals surface area (Å²) in [6, 6.07) is 44.6. The van der Waals surface area contributed by atoms with Crippen molar-refractivity contribution in [1.82, 2.24) is 24.1 Å². The Morgan fingerprint density at radius 2 is 1.16 bits per heavy atom. The van der Waals surface area contributed by atoms with Crippen LogP contribution in [-0.2, 0) is 0 Å². The molecule has 0 amide bonds. The van der Waals surface area contributed by atoms with Gasteiger partial charge in [-0.15, -0.1) is 11.3 Å². The highest BCUT2D eigenvalue weighted by Gasteiger charge is 2.21. The summed E-state index contributed by atoms with van der Waals surface area (Å²) >= 11 is 1.87. The summed E-state index contributed by atoms with van der Waals surface area (Å²) in [6.07, 6.45) is 3.72. The number of fused-ring (bicyclic) bond motifs is 11. The van der Waals surface area contributed by atoms with Crippen molar-refractivity contribution in [3.05, 3.63) is 140 Å². The number of hydrogen-bond donors (Lipinski definition) is 0. The van der Waals surface area contributed by atoms with Crippen molar-refractivity contribution in [1.29, 1.82) is 0 Å². The van der Waals surface area contributed by atoms with Gasteiger partial charge < -0.3 is 4.57 Å². The quantitative estimate of drug-likeness (QED) is 0.205. The summed E-state index contributed by atoms with van der Waals surface area (Å²) in [4.78, 5) is 14.6. The third-order valence-electron chi connectivity index (χ3n) is 8.83. The second-order valence-electron chi connectivity index (χ2n) is 11.3. The predicted octanol–water partition coefficient (Wildman–Crippen LogP) is 10.1. The van der Waals surface area contributed by atoms with Crippen LogP contribution in [0.4, 0.5) is 0 Å². The van der Waals surface area contributed by atoms with Crippen LogP contribution >= 0.6 is 11.3 Å². The lowest BCUT2D eigenvalue weighted by atomic mass is 10.1. The molecule has 0 aliphatic rings. The Hall–Kier alpha value is -5.85. The van der Waals surface area contributed by atoms with E-state index < -0.39 is 0 Å². The van der Waals surface area contributed by atoms with Gasteiger partial charge in [0.1, 0.15) is 5.82 Å². The normalized spacial score (nSPS) is 12.0. The van der Waals surface area contributed by atoms with Crippen LogP contribution in [0.3, 0.4) is 0 Å². The standard InChI is InChI=1S/C39H23N5S/c1-2-10-24(11-3-1)43-32-21-19-26-25-18-20-31-35(38(25)45-39(26)36(32)37-33(43)16-9-23-41-37)27-12-4-5-15-30(27)44(31)34-17-8-14-29(42-34)28-13-6-7-22-40-28/h1-23H. The zero-order chi connectivity index (χ0) is 29.5. The van der Waals surface area contributed by atoms with Crippen molar-refractivity contribution in [3.8, 4) is 22.9 Å². The monoisotopic (exact) mass is 593 g/mol. The number of para-hydroxylation sites is 2. The highest BCUT2D eigenvalue weighted by Crippen LogP contribution is 2.47. The topological polar surface area (TPSA) is 48.5 Å². The number of benzene rings is 4. The molecule has 0 atom stereocenters. The maximum atomic E-state index is 5.11. The first-order chi connectivity index (χ1) is 22.3. The fourth-order valence-corrected chi connectivity index (χ4v) is 8.36. The Kier molecular flexibility index (Phi) is 5.09. The van der Waals surface area contributed by atoms with E-state index in [9.17, 15) is 0 Å². The molecule has 0 saturated heterocycles. The van der Waals surface area contributed by atoms with E-state index in [4.69, 9.17) is 9.97 Å². The molecule has 0 bridgehead atoms. The average Bonchev–Trinajstić information content (AvgIpc) is 3.76. The van der Waals surface area contributed by atoms with Gasteiger partial charge >= 0.3 is 0 Å². The molecule has 0 saturated carbocycles. The first kappa shape index (κ1) is 24.6. The Balaban J connectivity index is 1.30. The molecule has 4 aromatic carbocycles. The van der Waals surface area contributed by atoms with Gasteiger partial charge in [-0.25, -0.2) is 4.98 Å². The second-order valence-corrected chi connectivity index (χ2v) is 12.3. The van der Waals surface area contributed by atoms with Crippen LogP contribution in [0.25, 0.3) is 86.8 Å². The van der Waals surface area contributed by atoms with Gasteiger partial charge in [-0.1, -0.05) is 60.7 Å². The molecular weight excluding hydrogens is 571 g/mol. The molecule has 0 unspecified atom stereocenters. The van der Waals surface area contributed by atoms with E-state index in [0.29, 0.717) is 0 Å². The number of aromatic nitrogens is 5. The van der Waals surface area contributed by atoms with Crippen molar-refractivity contribution in [2.24, 2.45) is 0 Å². The van der Waals surface area contributed by atoms with Gasteiger partial charge in [0.15, 0.2) is 0 Å². The van der Waals surface area contributed by atoms with Gasteiger partial charge in [-0.3, -0.25) is 14.5 Å². The fraction of sp³-hybridized carbons (Fsp3) is 0. The fourth-order valence-electron chi connectivity index (χ4n) is 6.96. The van der Waals surface area contributed by atoms with Crippen LogP contribution < -0.4 is 0 Å². The van der Waals surface area contributed by atoms with Gasteiger partial charge in [0, 0.05) is 54.4 Å². The SMILES string of the molecule is c1ccc(-n2c3cccnc3c3c4sc5c(ccc6c5c5ccccc5n6-c5cccc(-c6ccccn6)n5)c4ccc32)cc1. The van der Waals surface area contributed by atoms with Crippen molar-refractivity contribution < 1.29 is 0 Å². The van der Waals surface area contributed by atoms with Crippen molar-refractivity contribution in [3.63, 3.8) is 0 Å². The highest BCUT2D eigenvalue weighted by molar-refractivity contribution is 7.27. The molecule has 0 N–H and O–H groups in total. The van der Waals surface area contributed by atoms with E-state index in [1.807, 2.05) is 54.1 Å². The largest absolute Gasteiger partial charge is 0.308 e. The molecule has 6 heterocycles. The lowest BCUT2D eigenvalue weighted by Crippen LogP contribution is -1.98. The van der Waals surface area contributed by atoms with Gasteiger partial charge in [0.05, 0.1) is 39.0 Å². The van der Waals surface area contributed by atoms with Gasteiger partial charge in [-0.2, -0.15) is 0 Å². The molecule has 210 valence electrons. The van der Waals surface area contributed by atoms with E-state index in [-0.39, 0.29) is 0 Å². The van der Waals surface area contributed by atoms with Crippen molar-refractivity contribution in [2.45, 2.75) is 0 Å². The van der Waals surface area contributed by atoms with Gasteiger partial charge in [0.2, 0.25) is 0 Å². The molecule has 0 aliphatic carbocycles.